The number of nitriles is 1. The van der Waals surface area contributed by atoms with Gasteiger partial charge >= 0.3 is 0 Å². The third kappa shape index (κ3) is 2.10. The van der Waals surface area contributed by atoms with Crippen LogP contribution in [0.5, 0.6) is 0 Å². The fraction of sp³-hybridized carbons (Fsp3) is 0.429. The van der Waals surface area contributed by atoms with Crippen molar-refractivity contribution in [3.63, 3.8) is 0 Å². The molecule has 1 amide bonds. The van der Waals surface area contributed by atoms with Crippen LogP contribution < -0.4 is 10.6 Å². The molecule has 2 rings (SSSR count). The van der Waals surface area contributed by atoms with Gasteiger partial charge in [-0.3, -0.25) is 4.79 Å². The van der Waals surface area contributed by atoms with Gasteiger partial charge in [0.05, 0.1) is 5.56 Å². The molecule has 0 spiro atoms. The number of nitrogens with zero attached hydrogens (tertiary/aromatic N) is 3. The van der Waals surface area contributed by atoms with Crippen molar-refractivity contribution in [3.8, 4) is 6.07 Å². The molecule has 0 atom stereocenters. The molecule has 1 heterocycles. The summed E-state index contributed by atoms with van der Waals surface area (Å²) < 4.78 is 0. The Morgan fingerprint density at radius 3 is 2.68 bits per heavy atom. The van der Waals surface area contributed by atoms with Gasteiger partial charge in [-0.25, -0.2) is 0 Å². The number of benzene rings is 1. The molecule has 1 aromatic rings. The molecule has 5 heteroatoms. The third-order valence-electron chi connectivity index (χ3n) is 3.67. The largest absolute Gasteiger partial charge is 0.398 e. The minimum Gasteiger partial charge on any atom is -0.398 e. The summed E-state index contributed by atoms with van der Waals surface area (Å²) >= 11 is 0. The second-order valence-corrected chi connectivity index (χ2v) is 5.32. The van der Waals surface area contributed by atoms with Crippen molar-refractivity contribution in [1.29, 1.82) is 5.26 Å². The second-order valence-electron chi connectivity index (χ2n) is 5.32. The van der Waals surface area contributed by atoms with Crippen molar-refractivity contribution in [2.45, 2.75) is 19.4 Å². The highest BCUT2D eigenvalue weighted by Crippen LogP contribution is 2.30. The van der Waals surface area contributed by atoms with Crippen molar-refractivity contribution < 1.29 is 4.79 Å². The first-order valence-corrected chi connectivity index (χ1v) is 6.20. The summed E-state index contributed by atoms with van der Waals surface area (Å²) in [5.41, 5.74) is 6.88. The summed E-state index contributed by atoms with van der Waals surface area (Å²) in [6, 6.07) is 7.39. The van der Waals surface area contributed by atoms with Gasteiger partial charge in [-0.1, -0.05) is 0 Å². The number of carbonyl (C=O) groups is 1. The minimum atomic E-state index is -0.615. The Hall–Kier alpha value is -2.22. The molecule has 0 radical (unpaired) electrons. The fourth-order valence-corrected chi connectivity index (χ4v) is 2.47. The molecular formula is C14H18N4O. The second kappa shape index (κ2) is 4.47. The van der Waals surface area contributed by atoms with Gasteiger partial charge in [0, 0.05) is 31.5 Å². The molecule has 1 aliphatic rings. The number of carbonyl (C=O) groups excluding carboxylic acids is 1. The van der Waals surface area contributed by atoms with Crippen LogP contribution in [0.15, 0.2) is 18.2 Å². The minimum absolute atomic E-state index is 0.0779. The van der Waals surface area contributed by atoms with Gasteiger partial charge < -0.3 is 15.5 Å². The van der Waals surface area contributed by atoms with Gasteiger partial charge in [0.2, 0.25) is 5.91 Å². The average molecular weight is 258 g/mol. The number of hydrogen-bond acceptors (Lipinski definition) is 4. The molecule has 100 valence electrons. The predicted molar refractivity (Wildman–Crippen MR) is 74.6 cm³/mol. The molecule has 0 saturated carbocycles. The topological polar surface area (TPSA) is 73.4 Å². The number of likely N-dealkylation sites (N-methyl/N-ethyl adjacent to an activating group) is 1. The maximum absolute atomic E-state index is 12.2. The Morgan fingerprint density at radius 1 is 1.37 bits per heavy atom. The molecule has 0 unspecified atom stereocenters. The Kier molecular flexibility index (Phi) is 3.11. The standard InChI is InChI=1S/C14H18N4O/c1-14(2)13(19)17(3)6-7-18(14)11-4-5-12(16)10(8-11)9-15/h4-5,8H,6-7,16H2,1-3H3. The molecule has 0 aliphatic carbocycles. The van der Waals surface area contributed by atoms with Crippen LogP contribution in [0.1, 0.15) is 19.4 Å². The van der Waals surface area contributed by atoms with Crippen molar-refractivity contribution in [3.05, 3.63) is 23.8 Å². The zero-order valence-electron chi connectivity index (χ0n) is 11.5. The Morgan fingerprint density at radius 2 is 2.05 bits per heavy atom. The Bertz CT molecular complexity index is 559. The summed E-state index contributed by atoms with van der Waals surface area (Å²) in [5.74, 6) is 0.0779. The normalized spacial score (nSPS) is 18.3. The van der Waals surface area contributed by atoms with Gasteiger partial charge in [0.1, 0.15) is 11.6 Å². The highest BCUT2D eigenvalue weighted by molar-refractivity contribution is 5.90. The molecule has 19 heavy (non-hydrogen) atoms. The van der Waals surface area contributed by atoms with E-state index in [4.69, 9.17) is 11.0 Å². The van der Waals surface area contributed by atoms with Crippen molar-refractivity contribution in [1.82, 2.24) is 4.90 Å². The first-order chi connectivity index (χ1) is 8.87. The van der Waals surface area contributed by atoms with Crippen LogP contribution in [0.4, 0.5) is 11.4 Å². The van der Waals surface area contributed by atoms with Gasteiger partial charge in [0.25, 0.3) is 0 Å². The lowest BCUT2D eigenvalue weighted by Gasteiger charge is -2.46. The van der Waals surface area contributed by atoms with E-state index in [0.29, 0.717) is 17.8 Å². The van der Waals surface area contributed by atoms with Crippen LogP contribution in [0.3, 0.4) is 0 Å². The van der Waals surface area contributed by atoms with Gasteiger partial charge in [-0.05, 0) is 32.0 Å². The maximum Gasteiger partial charge on any atom is 0.247 e. The molecule has 1 aromatic carbocycles. The quantitative estimate of drug-likeness (QED) is 0.768. The predicted octanol–water partition coefficient (Wildman–Crippen LogP) is 1.20. The Balaban J connectivity index is 2.42. The number of nitrogens with two attached hydrogens (primary N) is 1. The monoisotopic (exact) mass is 258 g/mol. The van der Waals surface area contributed by atoms with Crippen LogP contribution in [-0.4, -0.2) is 36.5 Å². The van der Waals surface area contributed by atoms with Crippen LogP contribution >= 0.6 is 0 Å². The van der Waals surface area contributed by atoms with E-state index < -0.39 is 5.54 Å². The van der Waals surface area contributed by atoms with Crippen molar-refractivity contribution in [2.75, 3.05) is 30.8 Å². The summed E-state index contributed by atoms with van der Waals surface area (Å²) in [4.78, 5) is 16.0. The van der Waals surface area contributed by atoms with E-state index in [9.17, 15) is 4.79 Å². The number of nitrogen functional groups attached to an aromatic ring is 1. The number of amides is 1. The van der Waals surface area contributed by atoms with E-state index in [1.165, 1.54) is 0 Å². The highest BCUT2D eigenvalue weighted by Gasteiger charge is 2.40. The zero-order valence-corrected chi connectivity index (χ0v) is 11.5. The van der Waals surface area contributed by atoms with E-state index in [1.54, 1.807) is 17.0 Å². The van der Waals surface area contributed by atoms with E-state index in [0.717, 1.165) is 12.2 Å². The summed E-state index contributed by atoms with van der Waals surface area (Å²) in [6.45, 7) is 5.21. The van der Waals surface area contributed by atoms with Gasteiger partial charge in [-0.15, -0.1) is 0 Å². The van der Waals surface area contributed by atoms with E-state index in [2.05, 4.69) is 6.07 Å². The molecule has 5 nitrogen and oxygen atoms in total. The molecule has 1 fully saturated rings. The first-order valence-electron chi connectivity index (χ1n) is 6.20. The summed E-state index contributed by atoms with van der Waals surface area (Å²) in [6.07, 6.45) is 0. The van der Waals surface area contributed by atoms with E-state index >= 15 is 0 Å². The molecular weight excluding hydrogens is 240 g/mol. The summed E-state index contributed by atoms with van der Waals surface area (Å²) in [7, 11) is 1.81. The summed E-state index contributed by atoms with van der Waals surface area (Å²) in [5, 5.41) is 9.04. The van der Waals surface area contributed by atoms with E-state index in [1.807, 2.05) is 31.9 Å². The Labute approximate surface area is 113 Å². The lowest BCUT2D eigenvalue weighted by Crippen LogP contribution is -2.62. The van der Waals surface area contributed by atoms with Crippen molar-refractivity contribution >= 4 is 17.3 Å². The molecule has 0 aromatic heterocycles. The van der Waals surface area contributed by atoms with Crippen LogP contribution in [-0.2, 0) is 4.79 Å². The maximum atomic E-state index is 12.2. The van der Waals surface area contributed by atoms with Gasteiger partial charge in [-0.2, -0.15) is 5.26 Å². The van der Waals surface area contributed by atoms with Crippen molar-refractivity contribution in [2.24, 2.45) is 0 Å². The SMILES string of the molecule is CN1CCN(c2ccc(N)c(C#N)c2)C(C)(C)C1=O. The first kappa shape index (κ1) is 13.2. The molecule has 2 N–H and O–H groups in total. The third-order valence-corrected chi connectivity index (χ3v) is 3.67. The fourth-order valence-electron chi connectivity index (χ4n) is 2.47. The number of rotatable bonds is 1. The van der Waals surface area contributed by atoms with Crippen LogP contribution in [0, 0.1) is 11.3 Å². The lowest BCUT2D eigenvalue weighted by atomic mass is 9.96. The lowest BCUT2D eigenvalue weighted by molar-refractivity contribution is -0.136. The highest BCUT2D eigenvalue weighted by atomic mass is 16.2. The molecule has 1 aliphatic heterocycles. The zero-order chi connectivity index (χ0) is 14.2. The van der Waals surface area contributed by atoms with E-state index in [-0.39, 0.29) is 5.91 Å². The number of anilines is 2. The number of hydrogen-bond donors (Lipinski definition) is 1. The molecule has 1 saturated heterocycles. The molecule has 0 bridgehead atoms. The number of piperazine rings is 1. The van der Waals surface area contributed by atoms with Crippen LogP contribution in [0.2, 0.25) is 0 Å². The smallest absolute Gasteiger partial charge is 0.247 e. The van der Waals surface area contributed by atoms with Crippen LogP contribution in [0.25, 0.3) is 0 Å². The van der Waals surface area contributed by atoms with Gasteiger partial charge in [0.15, 0.2) is 0 Å². The average Bonchev–Trinajstić information content (AvgIpc) is 2.37.